The first-order valence-electron chi connectivity index (χ1n) is 3.77. The summed E-state index contributed by atoms with van der Waals surface area (Å²) in [6.07, 6.45) is 1.64. The van der Waals surface area contributed by atoms with Crippen molar-refractivity contribution in [3.8, 4) is 6.07 Å². The molecule has 0 aliphatic rings. The van der Waals surface area contributed by atoms with Crippen molar-refractivity contribution in [2.24, 2.45) is 0 Å². The van der Waals surface area contributed by atoms with E-state index in [1.807, 2.05) is 6.92 Å². The van der Waals surface area contributed by atoms with Crippen LogP contribution in [0, 0.1) is 18.3 Å². The third kappa shape index (κ3) is 3.22. The van der Waals surface area contributed by atoms with Gasteiger partial charge in [-0.25, -0.2) is 4.98 Å². The Morgan fingerprint density at radius 3 is 3.15 bits per heavy atom. The lowest BCUT2D eigenvalue weighted by molar-refractivity contribution is -0.120. The maximum atomic E-state index is 10.9. The molecule has 13 heavy (non-hydrogen) atoms. The Morgan fingerprint density at radius 2 is 2.62 bits per heavy atom. The van der Waals surface area contributed by atoms with Crippen LogP contribution in [0.4, 0.5) is 0 Å². The normalized spacial score (nSPS) is 9.23. The van der Waals surface area contributed by atoms with Crippen molar-refractivity contribution in [2.45, 2.75) is 19.9 Å². The zero-order chi connectivity index (χ0) is 9.68. The number of carbonyl (C=O) groups excluding carboxylic acids is 1. The summed E-state index contributed by atoms with van der Waals surface area (Å²) in [4.78, 5) is 15.9. The zero-order valence-corrected chi connectivity index (χ0v) is 8.02. The van der Waals surface area contributed by atoms with E-state index in [9.17, 15) is 4.79 Å². The Bertz CT molecular complexity index is 339. The molecule has 1 heterocycles. The van der Waals surface area contributed by atoms with E-state index in [1.165, 1.54) is 11.3 Å². The van der Waals surface area contributed by atoms with Gasteiger partial charge in [0, 0.05) is 11.1 Å². The van der Waals surface area contributed by atoms with E-state index in [4.69, 9.17) is 5.26 Å². The third-order valence-corrected chi connectivity index (χ3v) is 2.28. The second-order valence-electron chi connectivity index (χ2n) is 2.46. The van der Waals surface area contributed by atoms with Crippen molar-refractivity contribution in [1.29, 1.82) is 5.26 Å². The van der Waals surface area contributed by atoms with Crippen molar-refractivity contribution >= 4 is 17.2 Å². The minimum atomic E-state index is -0.242. The van der Waals surface area contributed by atoms with Gasteiger partial charge in [-0.2, -0.15) is 5.26 Å². The highest BCUT2D eigenvalue weighted by Gasteiger charge is 2.01. The van der Waals surface area contributed by atoms with Crippen LogP contribution < -0.4 is 5.32 Å². The highest BCUT2D eigenvalue weighted by Crippen LogP contribution is 2.10. The molecule has 1 N–H and O–H groups in total. The summed E-state index contributed by atoms with van der Waals surface area (Å²) in [6.45, 7) is 2.37. The highest BCUT2D eigenvalue weighted by molar-refractivity contribution is 7.11. The molecule has 0 fully saturated rings. The number of aryl methyl sites for hydroxylation is 1. The Labute approximate surface area is 80.2 Å². The number of nitriles is 1. The average molecular weight is 195 g/mol. The summed E-state index contributed by atoms with van der Waals surface area (Å²) in [7, 11) is 0. The second kappa shape index (κ2) is 4.58. The SMILES string of the molecule is Cc1ncc(CNC(=O)CC#N)s1. The van der Waals surface area contributed by atoms with Crippen LogP contribution in [0.1, 0.15) is 16.3 Å². The number of amides is 1. The molecule has 0 aliphatic carbocycles. The van der Waals surface area contributed by atoms with Crippen LogP contribution in [0.2, 0.25) is 0 Å². The number of thiazole rings is 1. The molecule has 0 atom stereocenters. The van der Waals surface area contributed by atoms with E-state index in [-0.39, 0.29) is 12.3 Å². The molecule has 0 radical (unpaired) electrons. The smallest absolute Gasteiger partial charge is 0.234 e. The number of nitrogens with zero attached hydrogens (tertiary/aromatic N) is 2. The quantitative estimate of drug-likeness (QED) is 0.781. The van der Waals surface area contributed by atoms with Gasteiger partial charge in [0.05, 0.1) is 17.6 Å². The summed E-state index contributed by atoms with van der Waals surface area (Å²) in [5.74, 6) is -0.242. The first-order valence-corrected chi connectivity index (χ1v) is 4.59. The number of aromatic nitrogens is 1. The van der Waals surface area contributed by atoms with Crippen LogP contribution in [0.5, 0.6) is 0 Å². The Balaban J connectivity index is 2.36. The van der Waals surface area contributed by atoms with E-state index in [0.29, 0.717) is 6.54 Å². The van der Waals surface area contributed by atoms with E-state index >= 15 is 0 Å². The van der Waals surface area contributed by atoms with E-state index in [2.05, 4.69) is 10.3 Å². The molecule has 1 aromatic rings. The number of carbonyl (C=O) groups is 1. The third-order valence-electron chi connectivity index (χ3n) is 1.37. The molecule has 0 aromatic carbocycles. The molecule has 5 heteroatoms. The van der Waals surface area contributed by atoms with Gasteiger partial charge in [0.1, 0.15) is 6.42 Å². The molecule has 1 rings (SSSR count). The maximum Gasteiger partial charge on any atom is 0.234 e. The fourth-order valence-corrected chi connectivity index (χ4v) is 1.54. The van der Waals surface area contributed by atoms with Gasteiger partial charge in [0.15, 0.2) is 0 Å². The van der Waals surface area contributed by atoms with Crippen molar-refractivity contribution in [1.82, 2.24) is 10.3 Å². The minimum Gasteiger partial charge on any atom is -0.350 e. The van der Waals surface area contributed by atoms with Gasteiger partial charge >= 0.3 is 0 Å². The monoisotopic (exact) mass is 195 g/mol. The summed E-state index contributed by atoms with van der Waals surface area (Å²) in [6, 6.07) is 1.78. The second-order valence-corrected chi connectivity index (χ2v) is 3.78. The molecule has 0 unspecified atom stereocenters. The number of nitrogens with one attached hydrogen (secondary N) is 1. The maximum absolute atomic E-state index is 10.9. The molecule has 0 bridgehead atoms. The Hall–Kier alpha value is -1.41. The van der Waals surface area contributed by atoms with Crippen LogP contribution in [-0.4, -0.2) is 10.9 Å². The predicted octanol–water partition coefficient (Wildman–Crippen LogP) is 0.981. The van der Waals surface area contributed by atoms with Gasteiger partial charge < -0.3 is 5.32 Å². The van der Waals surface area contributed by atoms with Crippen LogP contribution in [0.15, 0.2) is 6.20 Å². The van der Waals surface area contributed by atoms with Gasteiger partial charge in [-0.15, -0.1) is 11.3 Å². The molecular weight excluding hydrogens is 186 g/mol. The molecule has 0 saturated heterocycles. The standard InChI is InChI=1S/C8H9N3OS/c1-6-10-4-7(13-6)5-11-8(12)2-3-9/h4H,2,5H2,1H3,(H,11,12). The van der Waals surface area contributed by atoms with Crippen molar-refractivity contribution in [3.05, 3.63) is 16.1 Å². The first-order chi connectivity index (χ1) is 6.22. The fourth-order valence-electron chi connectivity index (χ4n) is 0.807. The van der Waals surface area contributed by atoms with Crippen LogP contribution in [-0.2, 0) is 11.3 Å². The molecule has 1 amide bonds. The molecule has 0 saturated carbocycles. The predicted molar refractivity (Wildman–Crippen MR) is 48.9 cm³/mol. The summed E-state index contributed by atoms with van der Waals surface area (Å²) >= 11 is 1.54. The molecule has 1 aromatic heterocycles. The minimum absolute atomic E-state index is 0.0855. The van der Waals surface area contributed by atoms with Crippen molar-refractivity contribution in [2.75, 3.05) is 0 Å². The lowest BCUT2D eigenvalue weighted by atomic mass is 10.4. The molecular formula is C8H9N3OS. The van der Waals surface area contributed by atoms with E-state index < -0.39 is 0 Å². The molecule has 0 aliphatic heterocycles. The first kappa shape index (κ1) is 9.68. The molecule has 0 spiro atoms. The number of hydrogen-bond donors (Lipinski definition) is 1. The lowest BCUT2D eigenvalue weighted by Crippen LogP contribution is -2.21. The average Bonchev–Trinajstić information content (AvgIpc) is 2.49. The van der Waals surface area contributed by atoms with Gasteiger partial charge in [0.25, 0.3) is 0 Å². The molecule has 4 nitrogen and oxygen atoms in total. The summed E-state index contributed by atoms with van der Waals surface area (Å²) in [5, 5.41) is 11.8. The highest BCUT2D eigenvalue weighted by atomic mass is 32.1. The Kier molecular flexibility index (Phi) is 3.41. The lowest BCUT2D eigenvalue weighted by Gasteiger charge is -1.97. The van der Waals surface area contributed by atoms with Gasteiger partial charge in [-0.1, -0.05) is 0 Å². The number of rotatable bonds is 3. The van der Waals surface area contributed by atoms with E-state index in [1.54, 1.807) is 12.3 Å². The molecule has 68 valence electrons. The van der Waals surface area contributed by atoms with Crippen LogP contribution >= 0.6 is 11.3 Å². The van der Waals surface area contributed by atoms with Crippen molar-refractivity contribution in [3.63, 3.8) is 0 Å². The topological polar surface area (TPSA) is 65.8 Å². The summed E-state index contributed by atoms with van der Waals surface area (Å²) in [5.41, 5.74) is 0. The largest absolute Gasteiger partial charge is 0.350 e. The van der Waals surface area contributed by atoms with E-state index in [0.717, 1.165) is 9.88 Å². The van der Waals surface area contributed by atoms with Crippen molar-refractivity contribution < 1.29 is 4.79 Å². The Morgan fingerprint density at radius 1 is 1.85 bits per heavy atom. The summed E-state index contributed by atoms with van der Waals surface area (Å²) < 4.78 is 0. The van der Waals surface area contributed by atoms with Gasteiger partial charge in [-0.3, -0.25) is 4.79 Å². The fraction of sp³-hybridized carbons (Fsp3) is 0.375. The van der Waals surface area contributed by atoms with Crippen LogP contribution in [0.25, 0.3) is 0 Å². The zero-order valence-electron chi connectivity index (χ0n) is 7.20. The van der Waals surface area contributed by atoms with Gasteiger partial charge in [-0.05, 0) is 6.92 Å². The van der Waals surface area contributed by atoms with Gasteiger partial charge in [0.2, 0.25) is 5.91 Å². The van der Waals surface area contributed by atoms with Crippen LogP contribution in [0.3, 0.4) is 0 Å². The number of hydrogen-bond acceptors (Lipinski definition) is 4.